The average molecular weight is 344 g/mol. The van der Waals surface area contributed by atoms with E-state index in [2.05, 4.69) is 33.0 Å². The van der Waals surface area contributed by atoms with Crippen LogP contribution in [0.4, 0.5) is 4.79 Å². The standard InChI is InChI=1S/C17H24N6O2/c1-16(2,3)25-15(24)23-11-17(12-23,14-19-20-21-22(14)4)18-10-13-8-6-5-7-9-13/h5-9,18H,10-12H2,1-4H3. The molecule has 1 aliphatic heterocycles. The van der Waals surface area contributed by atoms with Gasteiger partial charge in [-0.05, 0) is 36.8 Å². The van der Waals surface area contributed by atoms with Crippen LogP contribution in [-0.2, 0) is 23.9 Å². The normalized spacial score (nSPS) is 16.4. The first-order chi connectivity index (χ1) is 11.8. The van der Waals surface area contributed by atoms with Gasteiger partial charge in [-0.2, -0.15) is 0 Å². The average Bonchev–Trinajstić information content (AvgIpc) is 2.92. The van der Waals surface area contributed by atoms with E-state index < -0.39 is 11.1 Å². The lowest BCUT2D eigenvalue weighted by Gasteiger charge is -2.49. The fraction of sp³-hybridized carbons (Fsp3) is 0.529. The monoisotopic (exact) mass is 344 g/mol. The first-order valence-electron chi connectivity index (χ1n) is 8.29. The molecular weight excluding hydrogens is 320 g/mol. The van der Waals surface area contributed by atoms with Gasteiger partial charge < -0.3 is 9.64 Å². The van der Waals surface area contributed by atoms with Crippen molar-refractivity contribution in [2.75, 3.05) is 13.1 Å². The second-order valence-electron chi connectivity index (χ2n) is 7.38. The van der Waals surface area contributed by atoms with Crippen molar-refractivity contribution in [1.82, 2.24) is 30.4 Å². The number of likely N-dealkylation sites (tertiary alicyclic amines) is 1. The van der Waals surface area contributed by atoms with Crippen molar-refractivity contribution in [3.05, 3.63) is 41.7 Å². The van der Waals surface area contributed by atoms with Crippen LogP contribution in [0.1, 0.15) is 32.2 Å². The number of carbonyl (C=O) groups is 1. The van der Waals surface area contributed by atoms with Crippen LogP contribution in [-0.4, -0.2) is 49.9 Å². The summed E-state index contributed by atoms with van der Waals surface area (Å²) in [5.41, 5.74) is 0.164. The van der Waals surface area contributed by atoms with Crippen LogP contribution in [0.2, 0.25) is 0 Å². The maximum atomic E-state index is 12.3. The molecule has 3 rings (SSSR count). The summed E-state index contributed by atoms with van der Waals surface area (Å²) in [5, 5.41) is 15.4. The van der Waals surface area contributed by atoms with Crippen molar-refractivity contribution >= 4 is 6.09 Å². The van der Waals surface area contributed by atoms with Crippen molar-refractivity contribution in [1.29, 1.82) is 0 Å². The molecule has 0 bridgehead atoms. The number of nitrogens with zero attached hydrogens (tertiary/aromatic N) is 5. The second-order valence-corrected chi connectivity index (χ2v) is 7.38. The van der Waals surface area contributed by atoms with Crippen LogP contribution < -0.4 is 5.32 Å². The molecule has 1 saturated heterocycles. The number of aryl methyl sites for hydroxylation is 1. The van der Waals surface area contributed by atoms with Gasteiger partial charge in [0.2, 0.25) is 0 Å². The van der Waals surface area contributed by atoms with Gasteiger partial charge in [0.05, 0.1) is 13.1 Å². The Labute approximate surface area is 147 Å². The molecule has 1 aliphatic rings. The maximum Gasteiger partial charge on any atom is 0.410 e. The molecule has 1 N–H and O–H groups in total. The number of ether oxygens (including phenoxy) is 1. The molecule has 0 spiro atoms. The van der Waals surface area contributed by atoms with E-state index in [9.17, 15) is 4.79 Å². The van der Waals surface area contributed by atoms with Gasteiger partial charge in [-0.25, -0.2) is 9.48 Å². The van der Waals surface area contributed by atoms with Gasteiger partial charge in [0, 0.05) is 13.6 Å². The number of amides is 1. The highest BCUT2D eigenvalue weighted by Gasteiger charge is 2.50. The highest BCUT2D eigenvalue weighted by Crippen LogP contribution is 2.31. The topological polar surface area (TPSA) is 85.2 Å². The van der Waals surface area contributed by atoms with Crippen LogP contribution in [0.15, 0.2) is 30.3 Å². The lowest BCUT2D eigenvalue weighted by Crippen LogP contribution is -2.69. The van der Waals surface area contributed by atoms with E-state index in [1.165, 1.54) is 0 Å². The summed E-state index contributed by atoms with van der Waals surface area (Å²) in [7, 11) is 1.80. The van der Waals surface area contributed by atoms with Gasteiger partial charge in [-0.15, -0.1) is 5.10 Å². The van der Waals surface area contributed by atoms with E-state index in [1.807, 2.05) is 39.0 Å². The van der Waals surface area contributed by atoms with Crippen molar-refractivity contribution in [2.45, 2.75) is 38.5 Å². The van der Waals surface area contributed by atoms with Crippen LogP contribution in [0.25, 0.3) is 0 Å². The van der Waals surface area contributed by atoms with Gasteiger partial charge in [-0.3, -0.25) is 5.32 Å². The molecule has 1 fully saturated rings. The Morgan fingerprint density at radius 1 is 1.28 bits per heavy atom. The Morgan fingerprint density at radius 3 is 2.52 bits per heavy atom. The van der Waals surface area contributed by atoms with Gasteiger partial charge in [0.15, 0.2) is 5.82 Å². The van der Waals surface area contributed by atoms with Gasteiger partial charge >= 0.3 is 6.09 Å². The minimum Gasteiger partial charge on any atom is -0.444 e. The molecular formula is C17H24N6O2. The highest BCUT2D eigenvalue weighted by atomic mass is 16.6. The summed E-state index contributed by atoms with van der Waals surface area (Å²) in [6.07, 6.45) is -0.320. The minimum absolute atomic E-state index is 0.320. The zero-order chi connectivity index (χ0) is 18.1. The number of hydrogen-bond donors (Lipinski definition) is 1. The number of hydrogen-bond acceptors (Lipinski definition) is 6. The fourth-order valence-corrected chi connectivity index (χ4v) is 2.90. The van der Waals surface area contributed by atoms with Gasteiger partial charge in [0.1, 0.15) is 11.1 Å². The highest BCUT2D eigenvalue weighted by molar-refractivity contribution is 5.70. The molecule has 0 atom stereocenters. The predicted molar refractivity (Wildman–Crippen MR) is 91.6 cm³/mol. The third-order valence-corrected chi connectivity index (χ3v) is 4.10. The van der Waals surface area contributed by atoms with Crippen LogP contribution in [0.5, 0.6) is 0 Å². The SMILES string of the molecule is Cn1nnnc1C1(NCc2ccccc2)CN(C(=O)OC(C)(C)C)C1. The fourth-order valence-electron chi connectivity index (χ4n) is 2.90. The van der Waals surface area contributed by atoms with Gasteiger partial charge in [-0.1, -0.05) is 30.3 Å². The first kappa shape index (κ1) is 17.3. The van der Waals surface area contributed by atoms with Crippen LogP contribution in [0, 0.1) is 0 Å². The maximum absolute atomic E-state index is 12.3. The minimum atomic E-state index is -0.515. The van der Waals surface area contributed by atoms with E-state index in [1.54, 1.807) is 16.6 Å². The number of rotatable bonds is 4. The Morgan fingerprint density at radius 2 is 1.96 bits per heavy atom. The zero-order valence-corrected chi connectivity index (χ0v) is 15.1. The molecule has 25 heavy (non-hydrogen) atoms. The summed E-state index contributed by atoms with van der Waals surface area (Å²) in [6.45, 7) is 7.16. The predicted octanol–water partition coefficient (Wildman–Crippen LogP) is 1.45. The summed E-state index contributed by atoms with van der Waals surface area (Å²) in [4.78, 5) is 13.9. The molecule has 8 nitrogen and oxygen atoms in total. The molecule has 1 aromatic heterocycles. The Balaban J connectivity index is 1.73. The molecule has 2 aromatic rings. The van der Waals surface area contributed by atoms with Crippen molar-refractivity contribution < 1.29 is 9.53 Å². The summed E-state index contributed by atoms with van der Waals surface area (Å²) < 4.78 is 7.09. The molecule has 0 aliphatic carbocycles. The Bertz CT molecular complexity index is 731. The molecule has 0 saturated carbocycles. The van der Waals surface area contributed by atoms with Gasteiger partial charge in [0.25, 0.3) is 0 Å². The lowest BCUT2D eigenvalue weighted by atomic mass is 9.88. The van der Waals surface area contributed by atoms with Crippen LogP contribution in [0.3, 0.4) is 0 Å². The molecule has 134 valence electrons. The Kier molecular flexibility index (Phi) is 4.47. The van der Waals surface area contributed by atoms with E-state index in [-0.39, 0.29) is 6.09 Å². The van der Waals surface area contributed by atoms with E-state index in [0.29, 0.717) is 25.5 Å². The lowest BCUT2D eigenvalue weighted by molar-refractivity contribution is -0.0216. The first-order valence-corrected chi connectivity index (χ1v) is 8.29. The van der Waals surface area contributed by atoms with Crippen molar-refractivity contribution in [3.63, 3.8) is 0 Å². The van der Waals surface area contributed by atoms with E-state index in [4.69, 9.17) is 4.74 Å². The summed E-state index contributed by atoms with van der Waals surface area (Å²) >= 11 is 0. The molecule has 1 aromatic carbocycles. The quantitative estimate of drug-likeness (QED) is 0.903. The smallest absolute Gasteiger partial charge is 0.410 e. The largest absolute Gasteiger partial charge is 0.444 e. The molecule has 0 unspecified atom stereocenters. The second kappa shape index (κ2) is 6.44. The molecule has 8 heteroatoms. The summed E-state index contributed by atoms with van der Waals surface area (Å²) in [6, 6.07) is 10.1. The molecule has 1 amide bonds. The third kappa shape index (κ3) is 3.79. The van der Waals surface area contributed by atoms with Crippen molar-refractivity contribution in [3.8, 4) is 0 Å². The summed E-state index contributed by atoms with van der Waals surface area (Å²) in [5.74, 6) is 0.711. The van der Waals surface area contributed by atoms with E-state index >= 15 is 0 Å². The van der Waals surface area contributed by atoms with Crippen molar-refractivity contribution in [2.24, 2.45) is 7.05 Å². The molecule has 0 radical (unpaired) electrons. The number of aromatic nitrogens is 4. The number of nitrogens with one attached hydrogen (secondary N) is 1. The third-order valence-electron chi connectivity index (χ3n) is 4.10. The van der Waals surface area contributed by atoms with Crippen LogP contribution >= 0.6 is 0 Å². The molecule has 2 heterocycles. The zero-order valence-electron chi connectivity index (χ0n) is 15.1. The number of benzene rings is 1. The van der Waals surface area contributed by atoms with E-state index in [0.717, 1.165) is 5.56 Å². The Hall–Kier alpha value is -2.48. The number of carbonyl (C=O) groups excluding carboxylic acids is 1. The number of tetrazole rings is 1.